The Kier molecular flexibility index (Phi) is 3.76. The predicted octanol–water partition coefficient (Wildman–Crippen LogP) is 2.64. The highest BCUT2D eigenvalue weighted by atomic mass is 15.3. The van der Waals surface area contributed by atoms with Gasteiger partial charge < -0.3 is 4.90 Å². The van der Waals surface area contributed by atoms with Crippen molar-refractivity contribution in [1.29, 1.82) is 5.26 Å². The fraction of sp³-hybridized carbons (Fsp3) is 0.412. The molecule has 1 aromatic carbocycles. The van der Waals surface area contributed by atoms with Gasteiger partial charge >= 0.3 is 0 Å². The third-order valence-electron chi connectivity index (χ3n) is 4.19. The third-order valence-corrected chi connectivity index (χ3v) is 4.19. The second-order valence-electron chi connectivity index (χ2n) is 5.77. The summed E-state index contributed by atoms with van der Waals surface area (Å²) < 4.78 is 0. The number of hydrogen-bond donors (Lipinski definition) is 0. The standard InChI is InChI=1S/C17H20N4/c1-13(2)20-7-9-21(10-8-20)17-11-14(12-18)15-5-3-4-6-16(15)19-17/h3-6,11,13H,7-10H2,1-2H3. The Morgan fingerprint density at radius 3 is 2.52 bits per heavy atom. The number of rotatable bonds is 2. The largest absolute Gasteiger partial charge is 0.354 e. The Balaban J connectivity index is 1.90. The maximum atomic E-state index is 9.37. The molecule has 108 valence electrons. The highest BCUT2D eigenvalue weighted by Gasteiger charge is 2.20. The third kappa shape index (κ3) is 2.70. The van der Waals surface area contributed by atoms with Crippen molar-refractivity contribution < 1.29 is 0 Å². The van der Waals surface area contributed by atoms with Crippen LogP contribution in [0.25, 0.3) is 10.9 Å². The van der Waals surface area contributed by atoms with E-state index in [9.17, 15) is 5.26 Å². The number of pyridine rings is 1. The molecule has 0 bridgehead atoms. The van der Waals surface area contributed by atoms with Crippen LogP contribution >= 0.6 is 0 Å². The second kappa shape index (κ2) is 5.71. The lowest BCUT2D eigenvalue weighted by Gasteiger charge is -2.37. The maximum absolute atomic E-state index is 9.37. The van der Waals surface area contributed by atoms with Gasteiger partial charge in [0.2, 0.25) is 0 Å². The number of anilines is 1. The quantitative estimate of drug-likeness (QED) is 0.848. The van der Waals surface area contributed by atoms with Crippen LogP contribution in [0.1, 0.15) is 19.4 Å². The van der Waals surface area contributed by atoms with Gasteiger partial charge in [-0.25, -0.2) is 4.98 Å². The average molecular weight is 280 g/mol. The summed E-state index contributed by atoms with van der Waals surface area (Å²) in [6, 6.07) is 12.7. The Labute approximate surface area is 125 Å². The molecule has 0 saturated carbocycles. The molecular weight excluding hydrogens is 260 g/mol. The zero-order valence-electron chi connectivity index (χ0n) is 12.6. The number of piperazine rings is 1. The summed E-state index contributed by atoms with van der Waals surface area (Å²) in [6.07, 6.45) is 0. The van der Waals surface area contributed by atoms with Gasteiger partial charge in [0.1, 0.15) is 5.82 Å². The van der Waals surface area contributed by atoms with Gasteiger partial charge in [-0.1, -0.05) is 18.2 Å². The second-order valence-corrected chi connectivity index (χ2v) is 5.77. The molecule has 21 heavy (non-hydrogen) atoms. The van der Waals surface area contributed by atoms with Crippen LogP contribution in [-0.4, -0.2) is 42.1 Å². The first-order valence-corrected chi connectivity index (χ1v) is 7.48. The Morgan fingerprint density at radius 1 is 1.14 bits per heavy atom. The molecule has 0 spiro atoms. The molecule has 2 heterocycles. The van der Waals surface area contributed by atoms with Crippen molar-refractivity contribution >= 4 is 16.7 Å². The molecule has 3 rings (SSSR count). The molecule has 0 aliphatic carbocycles. The molecule has 1 aromatic heterocycles. The van der Waals surface area contributed by atoms with Gasteiger partial charge in [-0.15, -0.1) is 0 Å². The first-order chi connectivity index (χ1) is 10.2. The minimum absolute atomic E-state index is 0.589. The van der Waals surface area contributed by atoms with Crippen molar-refractivity contribution in [3.63, 3.8) is 0 Å². The number of benzene rings is 1. The van der Waals surface area contributed by atoms with Crippen LogP contribution in [0.3, 0.4) is 0 Å². The van der Waals surface area contributed by atoms with E-state index in [1.54, 1.807) is 0 Å². The highest BCUT2D eigenvalue weighted by molar-refractivity contribution is 5.86. The van der Waals surface area contributed by atoms with Crippen molar-refractivity contribution in [2.75, 3.05) is 31.1 Å². The number of nitrogens with zero attached hydrogens (tertiary/aromatic N) is 4. The van der Waals surface area contributed by atoms with Crippen LogP contribution in [0, 0.1) is 11.3 Å². The molecule has 1 aliphatic rings. The molecule has 0 atom stereocenters. The lowest BCUT2D eigenvalue weighted by atomic mass is 10.1. The van der Waals surface area contributed by atoms with Crippen molar-refractivity contribution in [2.45, 2.75) is 19.9 Å². The van der Waals surface area contributed by atoms with E-state index in [4.69, 9.17) is 4.98 Å². The lowest BCUT2D eigenvalue weighted by Crippen LogP contribution is -2.49. The van der Waals surface area contributed by atoms with E-state index in [2.05, 4.69) is 29.7 Å². The van der Waals surface area contributed by atoms with E-state index in [0.29, 0.717) is 11.6 Å². The first-order valence-electron chi connectivity index (χ1n) is 7.48. The van der Waals surface area contributed by atoms with Gasteiger partial charge in [0.25, 0.3) is 0 Å². The number of nitriles is 1. The Bertz CT molecular complexity index is 679. The molecule has 1 fully saturated rings. The van der Waals surface area contributed by atoms with E-state index in [0.717, 1.165) is 42.9 Å². The van der Waals surface area contributed by atoms with E-state index in [-0.39, 0.29) is 0 Å². The van der Waals surface area contributed by atoms with E-state index < -0.39 is 0 Å². The van der Waals surface area contributed by atoms with E-state index in [1.165, 1.54) is 0 Å². The molecule has 0 amide bonds. The molecule has 0 radical (unpaired) electrons. The van der Waals surface area contributed by atoms with Gasteiger partial charge in [0.15, 0.2) is 0 Å². The van der Waals surface area contributed by atoms with Gasteiger partial charge in [0.05, 0.1) is 17.1 Å². The minimum Gasteiger partial charge on any atom is -0.354 e. The molecule has 1 saturated heterocycles. The van der Waals surface area contributed by atoms with Crippen molar-refractivity contribution in [3.8, 4) is 6.07 Å². The normalized spacial score (nSPS) is 16.4. The summed E-state index contributed by atoms with van der Waals surface area (Å²) >= 11 is 0. The SMILES string of the molecule is CC(C)N1CCN(c2cc(C#N)c3ccccc3n2)CC1. The van der Waals surface area contributed by atoms with Crippen LogP contribution in [0.2, 0.25) is 0 Å². The van der Waals surface area contributed by atoms with E-state index in [1.807, 2.05) is 30.3 Å². The number of hydrogen-bond acceptors (Lipinski definition) is 4. The summed E-state index contributed by atoms with van der Waals surface area (Å²) in [7, 11) is 0. The smallest absolute Gasteiger partial charge is 0.130 e. The highest BCUT2D eigenvalue weighted by Crippen LogP contribution is 2.23. The fourth-order valence-electron chi connectivity index (χ4n) is 2.88. The number of fused-ring (bicyclic) bond motifs is 1. The summed E-state index contributed by atoms with van der Waals surface area (Å²) in [5, 5.41) is 10.3. The van der Waals surface area contributed by atoms with Crippen LogP contribution < -0.4 is 4.90 Å². The molecular formula is C17H20N4. The molecule has 4 nitrogen and oxygen atoms in total. The molecule has 4 heteroatoms. The topological polar surface area (TPSA) is 43.2 Å². The Hall–Kier alpha value is -2.12. The van der Waals surface area contributed by atoms with Gasteiger partial charge in [0, 0.05) is 37.6 Å². The molecule has 1 aliphatic heterocycles. The zero-order valence-corrected chi connectivity index (χ0v) is 12.6. The zero-order chi connectivity index (χ0) is 14.8. The summed E-state index contributed by atoms with van der Waals surface area (Å²) in [5.41, 5.74) is 1.61. The van der Waals surface area contributed by atoms with Crippen molar-refractivity contribution in [3.05, 3.63) is 35.9 Å². The first kappa shape index (κ1) is 13.8. The monoisotopic (exact) mass is 280 g/mol. The van der Waals surface area contributed by atoms with Crippen LogP contribution in [0.4, 0.5) is 5.82 Å². The van der Waals surface area contributed by atoms with Crippen molar-refractivity contribution in [2.24, 2.45) is 0 Å². The lowest BCUT2D eigenvalue weighted by molar-refractivity contribution is 0.209. The molecule has 2 aromatic rings. The van der Waals surface area contributed by atoms with Crippen LogP contribution in [0.15, 0.2) is 30.3 Å². The van der Waals surface area contributed by atoms with Crippen LogP contribution in [-0.2, 0) is 0 Å². The molecule has 0 N–H and O–H groups in total. The van der Waals surface area contributed by atoms with Crippen LogP contribution in [0.5, 0.6) is 0 Å². The maximum Gasteiger partial charge on any atom is 0.130 e. The summed E-state index contributed by atoms with van der Waals surface area (Å²) in [6.45, 7) is 8.50. The summed E-state index contributed by atoms with van der Waals surface area (Å²) in [4.78, 5) is 9.49. The van der Waals surface area contributed by atoms with Gasteiger partial charge in [-0.05, 0) is 26.0 Å². The minimum atomic E-state index is 0.589. The van der Waals surface area contributed by atoms with Crippen molar-refractivity contribution in [1.82, 2.24) is 9.88 Å². The van der Waals surface area contributed by atoms with E-state index >= 15 is 0 Å². The fourth-order valence-corrected chi connectivity index (χ4v) is 2.88. The summed E-state index contributed by atoms with van der Waals surface area (Å²) in [5.74, 6) is 0.925. The Morgan fingerprint density at radius 2 is 1.86 bits per heavy atom. The average Bonchev–Trinajstić information content (AvgIpc) is 2.53. The number of aromatic nitrogens is 1. The number of para-hydroxylation sites is 1. The van der Waals surface area contributed by atoms with Gasteiger partial charge in [-0.2, -0.15) is 5.26 Å². The predicted molar refractivity (Wildman–Crippen MR) is 85.4 cm³/mol. The molecule has 0 unspecified atom stereocenters. The van der Waals surface area contributed by atoms with Gasteiger partial charge in [-0.3, -0.25) is 4.90 Å².